The maximum absolute atomic E-state index is 12.9. The Morgan fingerprint density at radius 1 is 1.00 bits per heavy atom. The van der Waals surface area contributed by atoms with Gasteiger partial charge in [0.2, 0.25) is 11.8 Å². The monoisotopic (exact) mass is 342 g/mol. The summed E-state index contributed by atoms with van der Waals surface area (Å²) in [6.45, 7) is 4.53. The second-order valence-electron chi connectivity index (χ2n) is 7.41. The van der Waals surface area contributed by atoms with Gasteiger partial charge in [0.15, 0.2) is 0 Å². The fraction of sp³-hybridized carbons (Fsp3) is 0.619. The van der Waals surface area contributed by atoms with Crippen molar-refractivity contribution in [3.63, 3.8) is 0 Å². The van der Waals surface area contributed by atoms with Gasteiger partial charge in [-0.2, -0.15) is 0 Å². The molecule has 2 heterocycles. The van der Waals surface area contributed by atoms with Gasteiger partial charge >= 0.3 is 0 Å². The number of likely N-dealkylation sites (tertiary alicyclic amines) is 2. The summed E-state index contributed by atoms with van der Waals surface area (Å²) in [5.41, 5.74) is 1.06. The molecular weight excluding hydrogens is 312 g/mol. The van der Waals surface area contributed by atoms with E-state index in [1.54, 1.807) is 0 Å². The fourth-order valence-corrected chi connectivity index (χ4v) is 4.21. The fourth-order valence-electron chi connectivity index (χ4n) is 4.21. The highest BCUT2D eigenvalue weighted by atomic mass is 16.2. The standard InChI is InChI=1S/C21H30N2O2/c1-2-19-10-6-7-13-23(19)21(25)18-11-14-22(15-12-18)20(24)16-17-8-4-3-5-9-17/h3-5,8-9,18-19H,2,6-7,10-16H2,1H3. The number of carbonyl (C=O) groups excluding carboxylic acids is 2. The first-order chi connectivity index (χ1) is 12.2. The lowest BCUT2D eigenvalue weighted by Crippen LogP contribution is -2.49. The van der Waals surface area contributed by atoms with Crippen LogP contribution >= 0.6 is 0 Å². The zero-order valence-electron chi connectivity index (χ0n) is 15.3. The van der Waals surface area contributed by atoms with Gasteiger partial charge in [-0.1, -0.05) is 37.3 Å². The lowest BCUT2D eigenvalue weighted by atomic mass is 9.91. The molecule has 4 heteroatoms. The SMILES string of the molecule is CCC1CCCCN1C(=O)C1CCN(C(=O)Cc2ccccc2)CC1. The molecule has 0 saturated carbocycles. The van der Waals surface area contributed by atoms with E-state index in [0.717, 1.165) is 44.2 Å². The van der Waals surface area contributed by atoms with Crippen molar-refractivity contribution in [1.29, 1.82) is 0 Å². The van der Waals surface area contributed by atoms with Gasteiger partial charge in [-0.25, -0.2) is 0 Å². The quantitative estimate of drug-likeness (QED) is 0.843. The summed E-state index contributed by atoms with van der Waals surface area (Å²) in [6.07, 6.45) is 6.67. The Hall–Kier alpha value is -1.84. The Morgan fingerprint density at radius 3 is 2.40 bits per heavy atom. The minimum absolute atomic E-state index is 0.105. The summed E-state index contributed by atoms with van der Waals surface area (Å²) in [7, 11) is 0. The number of carbonyl (C=O) groups is 2. The van der Waals surface area contributed by atoms with Crippen LogP contribution in [0.3, 0.4) is 0 Å². The molecule has 0 N–H and O–H groups in total. The van der Waals surface area contributed by atoms with E-state index < -0.39 is 0 Å². The Labute approximate surface area is 151 Å². The molecule has 0 aliphatic carbocycles. The molecule has 2 amide bonds. The molecule has 1 aromatic carbocycles. The summed E-state index contributed by atoms with van der Waals surface area (Å²) in [6, 6.07) is 10.3. The summed E-state index contributed by atoms with van der Waals surface area (Å²) in [5.74, 6) is 0.621. The zero-order valence-corrected chi connectivity index (χ0v) is 15.3. The van der Waals surface area contributed by atoms with E-state index in [1.165, 1.54) is 6.42 Å². The number of hydrogen-bond donors (Lipinski definition) is 0. The molecule has 2 aliphatic heterocycles. The maximum atomic E-state index is 12.9. The van der Waals surface area contributed by atoms with Crippen molar-refractivity contribution < 1.29 is 9.59 Å². The molecule has 25 heavy (non-hydrogen) atoms. The van der Waals surface area contributed by atoms with Crippen LogP contribution in [0.2, 0.25) is 0 Å². The van der Waals surface area contributed by atoms with E-state index in [2.05, 4.69) is 11.8 Å². The van der Waals surface area contributed by atoms with Gasteiger partial charge in [-0.15, -0.1) is 0 Å². The number of hydrogen-bond acceptors (Lipinski definition) is 2. The highest BCUT2D eigenvalue weighted by Gasteiger charge is 2.33. The minimum Gasteiger partial charge on any atom is -0.342 e. The van der Waals surface area contributed by atoms with Gasteiger partial charge in [0.1, 0.15) is 0 Å². The van der Waals surface area contributed by atoms with Crippen molar-refractivity contribution in [1.82, 2.24) is 9.80 Å². The molecule has 2 saturated heterocycles. The van der Waals surface area contributed by atoms with Crippen molar-refractivity contribution >= 4 is 11.8 Å². The minimum atomic E-state index is 0.105. The van der Waals surface area contributed by atoms with Crippen molar-refractivity contribution in [2.24, 2.45) is 5.92 Å². The van der Waals surface area contributed by atoms with E-state index in [9.17, 15) is 9.59 Å². The van der Waals surface area contributed by atoms with Gasteiger partial charge in [0.05, 0.1) is 6.42 Å². The summed E-state index contributed by atoms with van der Waals surface area (Å²) < 4.78 is 0. The van der Waals surface area contributed by atoms with Crippen molar-refractivity contribution in [2.45, 2.75) is 57.9 Å². The molecule has 0 aromatic heterocycles. The van der Waals surface area contributed by atoms with Crippen LogP contribution in [0.5, 0.6) is 0 Å². The second kappa shape index (κ2) is 8.50. The Kier molecular flexibility index (Phi) is 6.11. The van der Waals surface area contributed by atoms with Crippen LogP contribution in [-0.4, -0.2) is 47.3 Å². The van der Waals surface area contributed by atoms with Gasteiger partial charge < -0.3 is 9.80 Å². The smallest absolute Gasteiger partial charge is 0.226 e. The van der Waals surface area contributed by atoms with Crippen LogP contribution in [0.1, 0.15) is 51.0 Å². The number of amides is 2. The topological polar surface area (TPSA) is 40.6 Å². The van der Waals surface area contributed by atoms with Gasteiger partial charge in [0.25, 0.3) is 0 Å². The zero-order chi connectivity index (χ0) is 17.6. The molecule has 1 unspecified atom stereocenters. The third-order valence-corrected chi connectivity index (χ3v) is 5.78. The van der Waals surface area contributed by atoms with E-state index in [-0.39, 0.29) is 11.8 Å². The number of nitrogens with zero attached hydrogens (tertiary/aromatic N) is 2. The largest absolute Gasteiger partial charge is 0.342 e. The van der Waals surface area contributed by atoms with Crippen LogP contribution in [0.4, 0.5) is 0 Å². The number of rotatable bonds is 4. The molecule has 2 aliphatic rings. The van der Waals surface area contributed by atoms with Crippen molar-refractivity contribution in [2.75, 3.05) is 19.6 Å². The maximum Gasteiger partial charge on any atom is 0.226 e. The van der Waals surface area contributed by atoms with Crippen molar-refractivity contribution in [3.05, 3.63) is 35.9 Å². The molecule has 2 fully saturated rings. The van der Waals surface area contributed by atoms with Crippen LogP contribution in [0.15, 0.2) is 30.3 Å². The van der Waals surface area contributed by atoms with Crippen LogP contribution < -0.4 is 0 Å². The van der Waals surface area contributed by atoms with Crippen molar-refractivity contribution in [3.8, 4) is 0 Å². The highest BCUT2D eigenvalue weighted by molar-refractivity contribution is 5.81. The Bertz CT molecular complexity index is 579. The van der Waals surface area contributed by atoms with E-state index in [4.69, 9.17) is 0 Å². The van der Waals surface area contributed by atoms with Gasteiger partial charge in [0, 0.05) is 31.6 Å². The number of benzene rings is 1. The normalized spacial score (nSPS) is 22.0. The molecule has 0 radical (unpaired) electrons. The van der Waals surface area contributed by atoms with Crippen LogP contribution in [0.25, 0.3) is 0 Å². The van der Waals surface area contributed by atoms with Gasteiger partial charge in [-0.05, 0) is 44.1 Å². The van der Waals surface area contributed by atoms with Gasteiger partial charge in [-0.3, -0.25) is 9.59 Å². The van der Waals surface area contributed by atoms with E-state index in [1.807, 2.05) is 35.2 Å². The average molecular weight is 342 g/mol. The molecule has 1 aromatic rings. The van der Waals surface area contributed by atoms with E-state index in [0.29, 0.717) is 31.5 Å². The van der Waals surface area contributed by atoms with E-state index >= 15 is 0 Å². The first-order valence-corrected chi connectivity index (χ1v) is 9.81. The summed E-state index contributed by atoms with van der Waals surface area (Å²) in [5, 5.41) is 0. The Balaban J connectivity index is 1.51. The summed E-state index contributed by atoms with van der Waals surface area (Å²) in [4.78, 5) is 29.5. The van der Waals surface area contributed by atoms with Crippen LogP contribution in [0, 0.1) is 5.92 Å². The Morgan fingerprint density at radius 2 is 1.72 bits per heavy atom. The molecule has 4 nitrogen and oxygen atoms in total. The summed E-state index contributed by atoms with van der Waals surface area (Å²) >= 11 is 0. The average Bonchev–Trinajstić information content (AvgIpc) is 2.68. The first-order valence-electron chi connectivity index (χ1n) is 9.81. The molecule has 0 bridgehead atoms. The first kappa shape index (κ1) is 18.0. The highest BCUT2D eigenvalue weighted by Crippen LogP contribution is 2.26. The lowest BCUT2D eigenvalue weighted by molar-refractivity contribution is -0.143. The third-order valence-electron chi connectivity index (χ3n) is 5.78. The molecular formula is C21H30N2O2. The molecule has 1 atom stereocenters. The van der Waals surface area contributed by atoms with Crippen LogP contribution in [-0.2, 0) is 16.0 Å². The number of piperidine rings is 2. The lowest BCUT2D eigenvalue weighted by Gasteiger charge is -2.39. The molecule has 3 rings (SSSR count). The predicted molar refractivity (Wildman–Crippen MR) is 99.1 cm³/mol. The second-order valence-corrected chi connectivity index (χ2v) is 7.41. The third kappa shape index (κ3) is 4.42. The predicted octanol–water partition coefficient (Wildman–Crippen LogP) is 3.26. The molecule has 0 spiro atoms. The molecule has 136 valence electrons.